The summed E-state index contributed by atoms with van der Waals surface area (Å²) in [5.41, 5.74) is 0. The van der Waals surface area contributed by atoms with Gasteiger partial charge in [0.2, 0.25) is 11.8 Å². The molecule has 1 aromatic carbocycles. The zero-order chi connectivity index (χ0) is 15.5. The van der Waals surface area contributed by atoms with Crippen molar-refractivity contribution in [3.8, 4) is 5.75 Å². The van der Waals surface area contributed by atoms with Crippen molar-refractivity contribution in [2.75, 3.05) is 19.7 Å². The number of carbonyl (C=O) groups is 2. The first kappa shape index (κ1) is 14.8. The van der Waals surface area contributed by atoms with Gasteiger partial charge in [0, 0.05) is 13.1 Å². The number of para-hydroxylation sites is 1. The second kappa shape index (κ2) is 6.34. The summed E-state index contributed by atoms with van der Waals surface area (Å²) in [4.78, 5) is 25.8. The molecule has 2 atom stereocenters. The molecule has 0 aromatic heterocycles. The number of fused-ring (bicyclic) bond motifs is 1. The number of halogens is 1. The topological polar surface area (TPSA) is 58.6 Å². The maximum Gasteiger partial charge on any atom is 0.226 e. The van der Waals surface area contributed by atoms with E-state index in [9.17, 15) is 14.0 Å². The molecular weight excluding hydrogens is 287 g/mol. The Morgan fingerprint density at radius 1 is 1.41 bits per heavy atom. The maximum atomic E-state index is 13.4. The molecule has 1 aromatic rings. The fourth-order valence-corrected chi connectivity index (χ4v) is 3.21. The Morgan fingerprint density at radius 2 is 2.23 bits per heavy atom. The second-order valence-electron chi connectivity index (χ2n) is 5.68. The van der Waals surface area contributed by atoms with Gasteiger partial charge in [0.1, 0.15) is 0 Å². The number of likely N-dealkylation sites (tertiary alicyclic amines) is 1. The molecule has 6 heteroatoms. The van der Waals surface area contributed by atoms with Crippen molar-refractivity contribution in [3.05, 3.63) is 30.1 Å². The highest BCUT2D eigenvalue weighted by atomic mass is 19.1. The van der Waals surface area contributed by atoms with Gasteiger partial charge in [0.05, 0.1) is 25.0 Å². The lowest BCUT2D eigenvalue weighted by atomic mass is 9.91. The quantitative estimate of drug-likeness (QED) is 0.913. The fraction of sp³-hybridized carbons (Fsp3) is 0.500. The Morgan fingerprint density at radius 3 is 3.05 bits per heavy atom. The molecule has 0 unspecified atom stereocenters. The van der Waals surface area contributed by atoms with Crippen LogP contribution in [0.25, 0.3) is 0 Å². The smallest absolute Gasteiger partial charge is 0.226 e. The standard InChI is InChI=1S/C16H19FN2O3/c17-12-5-1-2-6-14(12)22-9-7-15(20)19-8-3-4-11-13(19)10-18-16(11)21/h1-2,5-6,11,13H,3-4,7-10H2,(H,18,21)/t11-,13-/m1/s1. The number of ether oxygens (including phenoxy) is 1. The summed E-state index contributed by atoms with van der Waals surface area (Å²) in [5, 5.41) is 2.82. The second-order valence-corrected chi connectivity index (χ2v) is 5.68. The number of nitrogens with one attached hydrogen (secondary N) is 1. The van der Waals surface area contributed by atoms with Gasteiger partial charge in [-0.05, 0) is 25.0 Å². The molecule has 2 aliphatic heterocycles. The van der Waals surface area contributed by atoms with Crippen LogP contribution in [0.2, 0.25) is 0 Å². The predicted molar refractivity (Wildman–Crippen MR) is 77.7 cm³/mol. The molecule has 118 valence electrons. The number of carbonyl (C=O) groups excluding carboxylic acids is 2. The van der Waals surface area contributed by atoms with Gasteiger partial charge in [-0.25, -0.2) is 4.39 Å². The number of hydrogen-bond acceptors (Lipinski definition) is 3. The van der Waals surface area contributed by atoms with Crippen LogP contribution in [-0.2, 0) is 9.59 Å². The lowest BCUT2D eigenvalue weighted by Crippen LogP contribution is -2.49. The van der Waals surface area contributed by atoms with Crippen molar-refractivity contribution in [2.45, 2.75) is 25.3 Å². The summed E-state index contributed by atoms with van der Waals surface area (Å²) in [6, 6.07) is 6.09. The van der Waals surface area contributed by atoms with Gasteiger partial charge in [0.25, 0.3) is 0 Å². The zero-order valence-electron chi connectivity index (χ0n) is 12.3. The minimum Gasteiger partial charge on any atom is -0.490 e. The van der Waals surface area contributed by atoms with E-state index in [0.29, 0.717) is 13.1 Å². The average molecular weight is 306 g/mol. The van der Waals surface area contributed by atoms with E-state index >= 15 is 0 Å². The van der Waals surface area contributed by atoms with E-state index in [-0.39, 0.29) is 42.6 Å². The van der Waals surface area contributed by atoms with Crippen LogP contribution in [0.4, 0.5) is 4.39 Å². The number of piperidine rings is 1. The van der Waals surface area contributed by atoms with Gasteiger partial charge in [-0.2, -0.15) is 0 Å². The third-order valence-electron chi connectivity index (χ3n) is 4.33. The molecule has 2 aliphatic rings. The van der Waals surface area contributed by atoms with Crippen molar-refractivity contribution < 1.29 is 18.7 Å². The van der Waals surface area contributed by atoms with Crippen molar-refractivity contribution in [1.82, 2.24) is 10.2 Å². The van der Waals surface area contributed by atoms with Gasteiger partial charge in [0.15, 0.2) is 11.6 Å². The lowest BCUT2D eigenvalue weighted by Gasteiger charge is -2.36. The van der Waals surface area contributed by atoms with E-state index in [1.54, 1.807) is 17.0 Å². The van der Waals surface area contributed by atoms with E-state index in [2.05, 4.69) is 5.32 Å². The van der Waals surface area contributed by atoms with E-state index in [0.717, 1.165) is 12.8 Å². The number of hydrogen-bond donors (Lipinski definition) is 1. The van der Waals surface area contributed by atoms with Gasteiger partial charge >= 0.3 is 0 Å². The summed E-state index contributed by atoms with van der Waals surface area (Å²) >= 11 is 0. The number of rotatable bonds is 4. The normalized spacial score (nSPS) is 23.9. The van der Waals surface area contributed by atoms with Crippen molar-refractivity contribution in [3.63, 3.8) is 0 Å². The molecule has 5 nitrogen and oxygen atoms in total. The molecule has 0 radical (unpaired) electrons. The Hall–Kier alpha value is -2.11. The van der Waals surface area contributed by atoms with Crippen LogP contribution in [0.15, 0.2) is 24.3 Å². The molecule has 2 fully saturated rings. The van der Waals surface area contributed by atoms with E-state index < -0.39 is 5.82 Å². The molecule has 22 heavy (non-hydrogen) atoms. The fourth-order valence-electron chi connectivity index (χ4n) is 3.21. The van der Waals surface area contributed by atoms with Crippen LogP contribution < -0.4 is 10.1 Å². The highest BCUT2D eigenvalue weighted by Crippen LogP contribution is 2.27. The first-order valence-corrected chi connectivity index (χ1v) is 7.61. The monoisotopic (exact) mass is 306 g/mol. The van der Waals surface area contributed by atoms with Crippen molar-refractivity contribution in [2.24, 2.45) is 5.92 Å². The average Bonchev–Trinajstić information content (AvgIpc) is 2.91. The molecule has 2 amide bonds. The number of nitrogens with zero attached hydrogens (tertiary/aromatic N) is 1. The van der Waals surface area contributed by atoms with Crippen LogP contribution in [0, 0.1) is 11.7 Å². The first-order chi connectivity index (χ1) is 10.7. The first-order valence-electron chi connectivity index (χ1n) is 7.61. The van der Waals surface area contributed by atoms with Crippen LogP contribution in [-0.4, -0.2) is 42.5 Å². The third-order valence-corrected chi connectivity index (χ3v) is 4.33. The summed E-state index contributed by atoms with van der Waals surface area (Å²) in [7, 11) is 0. The minimum atomic E-state index is -0.432. The Balaban J connectivity index is 1.54. The van der Waals surface area contributed by atoms with Gasteiger partial charge < -0.3 is 15.0 Å². The highest BCUT2D eigenvalue weighted by molar-refractivity contribution is 5.84. The molecule has 1 N–H and O–H groups in total. The number of benzene rings is 1. The van der Waals surface area contributed by atoms with Crippen molar-refractivity contribution in [1.29, 1.82) is 0 Å². The molecule has 2 heterocycles. The summed E-state index contributed by atoms with van der Waals surface area (Å²) < 4.78 is 18.7. The lowest BCUT2D eigenvalue weighted by molar-refractivity contribution is -0.137. The Labute approximate surface area is 128 Å². The van der Waals surface area contributed by atoms with E-state index in [4.69, 9.17) is 4.74 Å². The van der Waals surface area contributed by atoms with Gasteiger partial charge in [-0.1, -0.05) is 12.1 Å². The Bertz CT molecular complexity index is 578. The van der Waals surface area contributed by atoms with E-state index in [1.807, 2.05) is 0 Å². The summed E-state index contributed by atoms with van der Waals surface area (Å²) in [6.45, 7) is 1.34. The highest BCUT2D eigenvalue weighted by Gasteiger charge is 2.42. The molecular formula is C16H19FN2O3. The molecule has 0 aliphatic carbocycles. The van der Waals surface area contributed by atoms with E-state index in [1.165, 1.54) is 12.1 Å². The maximum absolute atomic E-state index is 13.4. The van der Waals surface area contributed by atoms with Gasteiger partial charge in [-0.15, -0.1) is 0 Å². The predicted octanol–water partition coefficient (Wildman–Crippen LogP) is 1.33. The molecule has 2 saturated heterocycles. The third kappa shape index (κ3) is 2.91. The molecule has 0 spiro atoms. The van der Waals surface area contributed by atoms with Crippen LogP contribution in [0.1, 0.15) is 19.3 Å². The van der Waals surface area contributed by atoms with Crippen LogP contribution in [0.5, 0.6) is 5.75 Å². The zero-order valence-corrected chi connectivity index (χ0v) is 12.3. The molecule has 0 bridgehead atoms. The summed E-state index contributed by atoms with van der Waals surface area (Å²) in [5.74, 6) is -0.346. The van der Waals surface area contributed by atoms with Gasteiger partial charge in [-0.3, -0.25) is 9.59 Å². The van der Waals surface area contributed by atoms with Crippen LogP contribution in [0.3, 0.4) is 0 Å². The van der Waals surface area contributed by atoms with Crippen molar-refractivity contribution >= 4 is 11.8 Å². The number of amides is 2. The largest absolute Gasteiger partial charge is 0.490 e. The summed E-state index contributed by atoms with van der Waals surface area (Å²) in [6.07, 6.45) is 1.87. The Kier molecular flexibility index (Phi) is 4.27. The minimum absolute atomic E-state index is 0.0393. The van der Waals surface area contributed by atoms with Crippen LogP contribution >= 0.6 is 0 Å². The SMILES string of the molecule is O=C1NC[C@@H]2[C@H]1CCCN2C(=O)CCOc1ccccc1F. The molecule has 3 rings (SSSR count). The molecule has 0 saturated carbocycles.